The maximum atomic E-state index is 14.2. The van der Waals surface area contributed by atoms with Gasteiger partial charge < -0.3 is 9.64 Å². The van der Waals surface area contributed by atoms with Crippen molar-refractivity contribution in [2.24, 2.45) is 10.2 Å². The molecule has 7 nitrogen and oxygen atoms in total. The minimum atomic E-state index is -0.473. The van der Waals surface area contributed by atoms with E-state index in [0.717, 1.165) is 75.0 Å². The first-order valence-corrected chi connectivity index (χ1v) is 12.0. The fraction of sp³-hybridized carbons (Fsp3) is 0.478. The molecule has 1 aromatic heterocycles. The molecule has 1 atom stereocenters. The number of aryl methyl sites for hydroxylation is 1. The number of nitrogens with zero attached hydrogens (tertiary/aromatic N) is 6. The number of halogens is 3. The average Bonchev–Trinajstić information content (AvgIpc) is 3.30. The number of morpholine rings is 1. The number of benzene rings is 1. The Hall–Kier alpha value is -2.13. The minimum Gasteiger partial charge on any atom is -0.379 e. The molecule has 0 spiro atoms. The Balaban J connectivity index is 1.37. The van der Waals surface area contributed by atoms with E-state index in [2.05, 4.69) is 30.2 Å². The van der Waals surface area contributed by atoms with Crippen molar-refractivity contribution in [2.75, 3.05) is 44.3 Å². The topological polar surface area (TPSA) is 66.2 Å². The third kappa shape index (κ3) is 4.62. The van der Waals surface area contributed by atoms with Crippen LogP contribution in [0.3, 0.4) is 0 Å². The second kappa shape index (κ2) is 9.62. The molecule has 0 N–H and O–H groups in total. The van der Waals surface area contributed by atoms with Crippen LogP contribution >= 0.6 is 23.2 Å². The molecule has 2 aromatic rings. The molecule has 10 heteroatoms. The first-order valence-electron chi connectivity index (χ1n) is 11.2. The third-order valence-electron chi connectivity index (χ3n) is 6.42. The molecule has 33 heavy (non-hydrogen) atoms. The Morgan fingerprint density at radius 3 is 2.76 bits per heavy atom. The normalized spacial score (nSPS) is 19.8. The number of ether oxygens (including phenoxy) is 1. The Morgan fingerprint density at radius 2 is 1.94 bits per heavy atom. The average molecular weight is 491 g/mol. The van der Waals surface area contributed by atoms with Crippen LogP contribution in [0.15, 0.2) is 28.4 Å². The zero-order valence-corrected chi connectivity index (χ0v) is 19.9. The third-order valence-corrected chi connectivity index (χ3v) is 7.14. The maximum absolute atomic E-state index is 14.2. The van der Waals surface area contributed by atoms with Gasteiger partial charge >= 0.3 is 0 Å². The highest BCUT2D eigenvalue weighted by atomic mass is 35.5. The second-order valence-electron chi connectivity index (χ2n) is 8.57. The quantitative estimate of drug-likeness (QED) is 0.583. The van der Waals surface area contributed by atoms with E-state index in [0.29, 0.717) is 22.7 Å². The van der Waals surface area contributed by atoms with Gasteiger partial charge in [0.2, 0.25) is 0 Å². The highest BCUT2D eigenvalue weighted by Crippen LogP contribution is 2.39. The van der Waals surface area contributed by atoms with E-state index in [9.17, 15) is 4.39 Å². The molecule has 0 amide bonds. The number of hydrogen-bond donors (Lipinski definition) is 0. The van der Waals surface area contributed by atoms with Gasteiger partial charge in [-0.05, 0) is 38.0 Å². The van der Waals surface area contributed by atoms with E-state index in [1.807, 2.05) is 13.0 Å². The van der Waals surface area contributed by atoms with Gasteiger partial charge in [-0.2, -0.15) is 15.3 Å². The lowest BCUT2D eigenvalue weighted by Gasteiger charge is -2.36. The Bertz CT molecular complexity index is 1120. The summed E-state index contributed by atoms with van der Waals surface area (Å²) in [7, 11) is 0. The Kier molecular flexibility index (Phi) is 6.60. The van der Waals surface area contributed by atoms with Crippen LogP contribution in [0.4, 0.5) is 10.1 Å². The van der Waals surface area contributed by atoms with Gasteiger partial charge in [-0.1, -0.05) is 23.2 Å². The summed E-state index contributed by atoms with van der Waals surface area (Å²) in [6.07, 6.45) is 2.41. The maximum Gasteiger partial charge on any atom is 0.142 e. The van der Waals surface area contributed by atoms with Crippen LogP contribution < -0.4 is 4.90 Å². The molecular formula is C23H25Cl2FN6O. The second-order valence-corrected chi connectivity index (χ2v) is 9.35. The van der Waals surface area contributed by atoms with Crippen molar-refractivity contribution in [1.82, 2.24) is 15.1 Å². The van der Waals surface area contributed by atoms with Crippen LogP contribution in [0.5, 0.6) is 0 Å². The summed E-state index contributed by atoms with van der Waals surface area (Å²) < 4.78 is 19.6. The summed E-state index contributed by atoms with van der Waals surface area (Å²) >= 11 is 12.7. The van der Waals surface area contributed by atoms with E-state index in [1.54, 1.807) is 6.07 Å². The molecule has 3 aliphatic rings. The first-order chi connectivity index (χ1) is 16.0. The number of fused-ring (bicyclic) bond motifs is 1. The predicted molar refractivity (Wildman–Crippen MR) is 128 cm³/mol. The van der Waals surface area contributed by atoms with Crippen molar-refractivity contribution < 1.29 is 9.13 Å². The van der Waals surface area contributed by atoms with E-state index < -0.39 is 5.82 Å². The number of anilines is 1. The van der Waals surface area contributed by atoms with Crippen LogP contribution in [0.25, 0.3) is 0 Å². The Labute approximate surface area is 202 Å². The van der Waals surface area contributed by atoms with Crippen molar-refractivity contribution in [3.63, 3.8) is 0 Å². The van der Waals surface area contributed by atoms with Gasteiger partial charge in [-0.15, -0.1) is 5.10 Å². The molecule has 1 aromatic carbocycles. The predicted octanol–water partition coefficient (Wildman–Crippen LogP) is 4.32. The van der Waals surface area contributed by atoms with Crippen LogP contribution in [0.1, 0.15) is 42.8 Å². The molecule has 5 rings (SSSR count). The van der Waals surface area contributed by atoms with E-state index in [1.165, 1.54) is 6.07 Å². The summed E-state index contributed by atoms with van der Waals surface area (Å²) in [6.45, 7) is 6.88. The fourth-order valence-corrected chi connectivity index (χ4v) is 5.32. The van der Waals surface area contributed by atoms with Crippen molar-refractivity contribution in [3.8, 4) is 0 Å². The molecule has 1 saturated heterocycles. The summed E-state index contributed by atoms with van der Waals surface area (Å²) in [6, 6.07) is 4.64. The molecule has 0 unspecified atom stereocenters. The molecule has 0 radical (unpaired) electrons. The van der Waals surface area contributed by atoms with Crippen molar-refractivity contribution in [2.45, 2.75) is 32.2 Å². The smallest absolute Gasteiger partial charge is 0.142 e. The first kappa shape index (κ1) is 22.7. The lowest BCUT2D eigenvalue weighted by Crippen LogP contribution is -2.39. The molecule has 0 saturated carbocycles. The summed E-state index contributed by atoms with van der Waals surface area (Å²) in [4.78, 5) is 4.50. The molecule has 1 fully saturated rings. The van der Waals surface area contributed by atoms with Gasteiger partial charge in [0.05, 0.1) is 47.1 Å². The Morgan fingerprint density at radius 1 is 1.12 bits per heavy atom. The highest BCUT2D eigenvalue weighted by molar-refractivity contribution is 6.36. The van der Waals surface area contributed by atoms with Gasteiger partial charge in [0.1, 0.15) is 11.5 Å². The fourth-order valence-electron chi connectivity index (χ4n) is 4.64. The number of rotatable bonds is 5. The summed E-state index contributed by atoms with van der Waals surface area (Å²) in [5, 5.41) is 18.3. The SMILES string of the molecule is C[C@H](c1c(Cl)ccc(F)c1Cl)N1CCCc2nnc(C3=NN=C(CN4CCOCC4)C3)cc21. The molecule has 0 aliphatic carbocycles. The number of hydrogen-bond acceptors (Lipinski definition) is 7. The lowest BCUT2D eigenvalue weighted by atomic mass is 10.00. The van der Waals surface area contributed by atoms with Gasteiger partial charge in [0.15, 0.2) is 0 Å². The van der Waals surface area contributed by atoms with Crippen molar-refractivity contribution >= 4 is 40.3 Å². The van der Waals surface area contributed by atoms with Gasteiger partial charge in [0.25, 0.3) is 0 Å². The monoisotopic (exact) mass is 490 g/mol. The summed E-state index contributed by atoms with van der Waals surface area (Å²) in [5.41, 5.74) is 5.00. The van der Waals surface area contributed by atoms with Crippen LogP contribution in [-0.4, -0.2) is 65.9 Å². The largest absolute Gasteiger partial charge is 0.379 e. The van der Waals surface area contributed by atoms with Crippen LogP contribution in [0.2, 0.25) is 10.0 Å². The minimum absolute atomic E-state index is 0.0608. The molecule has 4 heterocycles. The van der Waals surface area contributed by atoms with Crippen molar-refractivity contribution in [3.05, 3.63) is 51.0 Å². The van der Waals surface area contributed by atoms with Gasteiger partial charge in [-0.3, -0.25) is 4.90 Å². The lowest BCUT2D eigenvalue weighted by molar-refractivity contribution is 0.0452. The molecule has 3 aliphatic heterocycles. The van der Waals surface area contributed by atoms with Crippen LogP contribution in [-0.2, 0) is 11.2 Å². The van der Waals surface area contributed by atoms with E-state index in [-0.39, 0.29) is 11.1 Å². The van der Waals surface area contributed by atoms with Crippen molar-refractivity contribution in [1.29, 1.82) is 0 Å². The standard InChI is InChI=1S/C23H25Cl2FN6O/c1-14(22-16(24)4-5-17(26)23(22)25)32-6-2-3-18-21(32)12-20(30-28-18)19-11-15(27-29-19)13-31-7-9-33-10-8-31/h4-5,12,14H,2-3,6-11,13H2,1H3/t14-/m1/s1. The van der Waals surface area contributed by atoms with Gasteiger partial charge in [-0.25, -0.2) is 4.39 Å². The number of aromatic nitrogens is 2. The highest BCUT2D eigenvalue weighted by Gasteiger charge is 2.29. The molecular weight excluding hydrogens is 466 g/mol. The zero-order chi connectivity index (χ0) is 22.9. The molecule has 174 valence electrons. The zero-order valence-electron chi connectivity index (χ0n) is 18.4. The van der Waals surface area contributed by atoms with Crippen LogP contribution in [0, 0.1) is 5.82 Å². The van der Waals surface area contributed by atoms with E-state index in [4.69, 9.17) is 27.9 Å². The summed E-state index contributed by atoms with van der Waals surface area (Å²) in [5.74, 6) is -0.473. The van der Waals surface area contributed by atoms with E-state index >= 15 is 0 Å². The molecule has 0 bridgehead atoms. The van der Waals surface area contributed by atoms with Gasteiger partial charge in [0, 0.05) is 43.2 Å².